The number of carbonyl (C=O) groups is 1. The molecule has 1 N–H and O–H groups in total. The Morgan fingerprint density at radius 2 is 1.74 bits per heavy atom. The van der Waals surface area contributed by atoms with Crippen molar-refractivity contribution in [1.29, 1.82) is 0 Å². The molecule has 0 saturated carbocycles. The number of halogens is 1. The molecule has 0 aliphatic carbocycles. The number of methoxy groups -OCH3 is 1. The number of nitrogens with one attached hydrogen (secondary N) is 1. The van der Waals surface area contributed by atoms with Crippen molar-refractivity contribution >= 4 is 18.7 Å². The van der Waals surface area contributed by atoms with Gasteiger partial charge in [0, 0.05) is 12.1 Å². The topological polar surface area (TPSA) is 66.0 Å². The predicted molar refractivity (Wildman–Crippen MR) is 102 cm³/mol. The summed E-state index contributed by atoms with van der Waals surface area (Å²) >= 11 is 0. The van der Waals surface area contributed by atoms with Crippen LogP contribution in [0.1, 0.15) is 54.0 Å². The molecule has 1 aliphatic heterocycles. The second-order valence-corrected chi connectivity index (χ2v) is 8.59. The van der Waals surface area contributed by atoms with Crippen molar-refractivity contribution in [1.82, 2.24) is 5.32 Å². The molecule has 0 atom stereocenters. The van der Waals surface area contributed by atoms with E-state index in [9.17, 15) is 9.18 Å². The summed E-state index contributed by atoms with van der Waals surface area (Å²) in [5, 5.41) is 2.59. The minimum atomic E-state index is -0.758. The lowest BCUT2D eigenvalue weighted by atomic mass is 9.75. The highest BCUT2D eigenvalue weighted by Gasteiger charge is 2.52. The molecule has 1 aromatic rings. The lowest BCUT2D eigenvalue weighted by molar-refractivity contribution is 0.00578. The first kappa shape index (κ1) is 21.5. The highest BCUT2D eigenvalue weighted by molar-refractivity contribution is 6.62. The van der Waals surface area contributed by atoms with E-state index in [0.717, 1.165) is 0 Å². The van der Waals surface area contributed by atoms with Gasteiger partial charge in [-0.15, -0.1) is 0 Å². The zero-order valence-electron chi connectivity index (χ0n) is 17.4. The second kappa shape index (κ2) is 7.32. The van der Waals surface area contributed by atoms with E-state index >= 15 is 0 Å². The minimum Gasteiger partial charge on any atom is -0.494 e. The predicted octanol–water partition coefficient (Wildman–Crippen LogP) is 3.16. The summed E-state index contributed by atoms with van der Waals surface area (Å²) in [4.78, 5) is 12.0. The fraction of sp³-hybridized carbons (Fsp3) is 0.632. The first-order valence-corrected chi connectivity index (χ1v) is 8.95. The lowest BCUT2D eigenvalue weighted by Gasteiger charge is -2.32. The summed E-state index contributed by atoms with van der Waals surface area (Å²) < 4.78 is 37.3. The number of rotatable bonds is 4. The molecule has 2 rings (SSSR count). The fourth-order valence-electron chi connectivity index (χ4n) is 2.62. The van der Waals surface area contributed by atoms with Crippen LogP contribution in [-0.2, 0) is 20.6 Å². The Bertz CT molecular complexity index is 699. The summed E-state index contributed by atoms with van der Waals surface area (Å²) in [6.07, 6.45) is -0.635. The SMILES string of the molecule is COc1ccc(B2OC(C)(C)C(C)(C)O2)c(CNC(=O)OC(C)(C)C)c1F. The Morgan fingerprint density at radius 3 is 2.22 bits per heavy atom. The quantitative estimate of drug-likeness (QED) is 0.812. The molecule has 1 saturated heterocycles. The maximum atomic E-state index is 14.9. The average Bonchev–Trinajstić information content (AvgIpc) is 2.72. The largest absolute Gasteiger partial charge is 0.495 e. The van der Waals surface area contributed by atoms with Crippen molar-refractivity contribution in [2.75, 3.05) is 7.11 Å². The highest BCUT2D eigenvalue weighted by atomic mass is 19.1. The van der Waals surface area contributed by atoms with E-state index in [0.29, 0.717) is 5.46 Å². The Morgan fingerprint density at radius 1 is 1.19 bits per heavy atom. The van der Waals surface area contributed by atoms with Gasteiger partial charge in [-0.3, -0.25) is 0 Å². The van der Waals surface area contributed by atoms with Crippen LogP contribution in [0.3, 0.4) is 0 Å². The molecule has 27 heavy (non-hydrogen) atoms. The van der Waals surface area contributed by atoms with Gasteiger partial charge in [0.2, 0.25) is 0 Å². The monoisotopic (exact) mass is 381 g/mol. The van der Waals surface area contributed by atoms with Crippen molar-refractivity contribution in [3.8, 4) is 5.75 Å². The Balaban J connectivity index is 2.31. The summed E-state index contributed by atoms with van der Waals surface area (Å²) in [5.41, 5.74) is -1.04. The van der Waals surface area contributed by atoms with E-state index in [1.807, 2.05) is 27.7 Å². The van der Waals surface area contributed by atoms with Gasteiger partial charge in [0.15, 0.2) is 11.6 Å². The molecule has 1 fully saturated rings. The van der Waals surface area contributed by atoms with Crippen molar-refractivity contribution in [2.24, 2.45) is 0 Å². The zero-order chi connectivity index (χ0) is 20.6. The van der Waals surface area contributed by atoms with E-state index in [-0.39, 0.29) is 17.9 Å². The van der Waals surface area contributed by atoms with Crippen LogP contribution >= 0.6 is 0 Å². The first-order chi connectivity index (χ1) is 12.3. The maximum absolute atomic E-state index is 14.9. The van der Waals surface area contributed by atoms with Crippen molar-refractivity contribution in [3.05, 3.63) is 23.5 Å². The number of hydrogen-bond acceptors (Lipinski definition) is 5. The van der Waals surface area contributed by atoms with Gasteiger partial charge in [0.1, 0.15) is 5.60 Å². The van der Waals surface area contributed by atoms with Gasteiger partial charge < -0.3 is 24.1 Å². The average molecular weight is 381 g/mol. The highest BCUT2D eigenvalue weighted by Crippen LogP contribution is 2.37. The van der Waals surface area contributed by atoms with Gasteiger partial charge in [-0.1, -0.05) is 6.07 Å². The van der Waals surface area contributed by atoms with Crippen molar-refractivity contribution in [3.63, 3.8) is 0 Å². The van der Waals surface area contributed by atoms with Crippen LogP contribution in [0.5, 0.6) is 5.75 Å². The van der Waals surface area contributed by atoms with Crippen LogP contribution in [-0.4, -0.2) is 37.1 Å². The smallest absolute Gasteiger partial charge is 0.494 e. The zero-order valence-corrected chi connectivity index (χ0v) is 17.4. The normalized spacial score (nSPS) is 18.3. The van der Waals surface area contributed by atoms with Crippen molar-refractivity contribution in [2.45, 2.75) is 71.8 Å². The third kappa shape index (κ3) is 4.73. The summed E-state index contributed by atoms with van der Waals surface area (Å²) in [6.45, 7) is 12.9. The second-order valence-electron chi connectivity index (χ2n) is 8.59. The van der Waals surface area contributed by atoms with E-state index in [2.05, 4.69) is 5.32 Å². The summed E-state index contributed by atoms with van der Waals surface area (Å²) in [7, 11) is 0.628. The number of hydrogen-bond donors (Lipinski definition) is 1. The van der Waals surface area contributed by atoms with Gasteiger partial charge in [-0.25, -0.2) is 9.18 Å². The Kier molecular flexibility index (Phi) is 5.83. The van der Waals surface area contributed by atoms with Crippen LogP contribution < -0.4 is 15.5 Å². The third-order valence-electron chi connectivity index (χ3n) is 4.78. The summed E-state index contributed by atoms with van der Waals surface area (Å²) in [5.74, 6) is -0.489. The van der Waals surface area contributed by atoms with E-state index in [4.69, 9.17) is 18.8 Å². The molecule has 1 aromatic carbocycles. The van der Waals surface area contributed by atoms with E-state index < -0.39 is 35.8 Å². The number of carbonyl (C=O) groups excluding carboxylic acids is 1. The molecule has 1 amide bonds. The molecule has 1 heterocycles. The molecule has 0 radical (unpaired) electrons. The maximum Gasteiger partial charge on any atom is 0.495 e. The van der Waals surface area contributed by atoms with Gasteiger partial charge in [-0.05, 0) is 60.0 Å². The van der Waals surface area contributed by atoms with Crippen LogP contribution in [0.2, 0.25) is 0 Å². The molecule has 1 aliphatic rings. The molecule has 150 valence electrons. The standard InChI is InChI=1S/C19H29BFNO5/c1-17(2,3)25-16(23)22-11-12-13(9-10-14(24-8)15(12)21)20-26-18(4,5)19(6,7)27-20/h9-10H,11H2,1-8H3,(H,22,23). The van der Waals surface area contributed by atoms with Gasteiger partial charge in [0.05, 0.1) is 18.3 Å². The fourth-order valence-corrected chi connectivity index (χ4v) is 2.62. The van der Waals surface area contributed by atoms with Crippen LogP contribution in [0.25, 0.3) is 0 Å². The van der Waals surface area contributed by atoms with Crippen LogP contribution in [0.15, 0.2) is 12.1 Å². The molecular weight excluding hydrogens is 352 g/mol. The molecular formula is C19H29BFNO5. The number of ether oxygens (including phenoxy) is 2. The molecule has 0 aromatic heterocycles. The molecule has 0 bridgehead atoms. The molecule has 0 unspecified atom stereocenters. The molecule has 6 nitrogen and oxygen atoms in total. The van der Waals surface area contributed by atoms with Crippen molar-refractivity contribution < 1.29 is 28.0 Å². The Hall–Kier alpha value is -1.80. The first-order valence-electron chi connectivity index (χ1n) is 8.95. The lowest BCUT2D eigenvalue weighted by Crippen LogP contribution is -2.41. The molecule has 8 heteroatoms. The van der Waals surface area contributed by atoms with Gasteiger partial charge >= 0.3 is 13.2 Å². The number of alkyl carbamates (subject to hydrolysis) is 1. The van der Waals surface area contributed by atoms with E-state index in [1.165, 1.54) is 13.2 Å². The minimum absolute atomic E-state index is 0.0799. The number of amides is 1. The Labute approximate surface area is 160 Å². The van der Waals surface area contributed by atoms with Gasteiger partial charge in [-0.2, -0.15) is 0 Å². The third-order valence-corrected chi connectivity index (χ3v) is 4.78. The van der Waals surface area contributed by atoms with Crippen LogP contribution in [0, 0.1) is 5.82 Å². The summed E-state index contributed by atoms with van der Waals surface area (Å²) in [6, 6.07) is 3.21. The van der Waals surface area contributed by atoms with E-state index in [1.54, 1.807) is 26.8 Å². The number of benzene rings is 1. The van der Waals surface area contributed by atoms with Crippen LogP contribution in [0.4, 0.5) is 9.18 Å². The van der Waals surface area contributed by atoms with Gasteiger partial charge in [0.25, 0.3) is 0 Å². The molecule has 0 spiro atoms.